The molecule has 4 nitrogen and oxygen atoms in total. The van der Waals surface area contributed by atoms with E-state index in [1.54, 1.807) is 0 Å². The van der Waals surface area contributed by atoms with E-state index in [4.69, 9.17) is 4.74 Å². The number of carbonyl (C=O) groups excluding carboxylic acids is 1. The number of hydrogen-bond donors (Lipinski definition) is 1. The van der Waals surface area contributed by atoms with Crippen LogP contribution >= 0.6 is 0 Å². The van der Waals surface area contributed by atoms with E-state index >= 15 is 0 Å². The zero-order valence-corrected chi connectivity index (χ0v) is 14.2. The number of nitrogens with zero attached hydrogens (tertiary/aromatic N) is 1. The third-order valence-electron chi connectivity index (χ3n) is 6.07. The van der Waals surface area contributed by atoms with Gasteiger partial charge in [0.05, 0.1) is 5.54 Å². The largest absolute Gasteiger partial charge is 0.477 e. The van der Waals surface area contributed by atoms with Gasteiger partial charge < -0.3 is 15.0 Å². The second kappa shape index (κ2) is 5.22. The molecule has 0 radical (unpaired) electrons. The lowest BCUT2D eigenvalue weighted by atomic mass is 10.1. The Kier molecular flexibility index (Phi) is 3.21. The SMILES string of the molecule is O=C(NC1(CN2CCC2)CC1)C1(Oc2ccccc2C2CC2)CC1. The van der Waals surface area contributed by atoms with E-state index in [0.717, 1.165) is 38.0 Å². The number of rotatable bonds is 7. The monoisotopic (exact) mass is 326 g/mol. The Morgan fingerprint density at radius 1 is 1.17 bits per heavy atom. The van der Waals surface area contributed by atoms with Gasteiger partial charge >= 0.3 is 0 Å². The van der Waals surface area contributed by atoms with Gasteiger partial charge in [0.25, 0.3) is 5.91 Å². The first-order valence-corrected chi connectivity index (χ1v) is 9.51. The fourth-order valence-electron chi connectivity index (χ4n) is 3.80. The maximum Gasteiger partial charge on any atom is 0.264 e. The van der Waals surface area contributed by atoms with Crippen molar-refractivity contribution in [1.29, 1.82) is 0 Å². The molecule has 0 unspecified atom stereocenters. The van der Waals surface area contributed by atoms with E-state index in [1.165, 1.54) is 37.9 Å². The molecule has 1 heterocycles. The van der Waals surface area contributed by atoms with Gasteiger partial charge in [0.1, 0.15) is 5.75 Å². The lowest BCUT2D eigenvalue weighted by Gasteiger charge is -2.35. The van der Waals surface area contributed by atoms with Gasteiger partial charge in [-0.2, -0.15) is 0 Å². The van der Waals surface area contributed by atoms with Gasteiger partial charge in [-0.25, -0.2) is 0 Å². The summed E-state index contributed by atoms with van der Waals surface area (Å²) < 4.78 is 6.30. The minimum absolute atomic E-state index is 0.0342. The minimum atomic E-state index is -0.602. The highest BCUT2D eigenvalue weighted by molar-refractivity contribution is 5.89. The quantitative estimate of drug-likeness (QED) is 0.838. The molecular weight excluding hydrogens is 300 g/mol. The standard InChI is InChI=1S/C20H26N2O2/c23-18(21-19(8-9-19)14-22-12-3-13-22)20(10-11-20)24-17-5-2-1-4-16(17)15-6-7-15/h1-2,4-5,15H,3,6-14H2,(H,21,23). The molecule has 24 heavy (non-hydrogen) atoms. The molecule has 0 spiro atoms. The zero-order valence-electron chi connectivity index (χ0n) is 14.2. The first-order chi connectivity index (χ1) is 11.7. The van der Waals surface area contributed by atoms with Crippen LogP contribution in [0.25, 0.3) is 0 Å². The van der Waals surface area contributed by atoms with Gasteiger partial charge in [-0.15, -0.1) is 0 Å². The Balaban J connectivity index is 1.27. The molecule has 0 atom stereocenters. The molecule has 3 saturated carbocycles. The predicted octanol–water partition coefficient (Wildman–Crippen LogP) is 2.83. The van der Waals surface area contributed by atoms with Crippen LogP contribution in [-0.4, -0.2) is 41.6 Å². The fourth-order valence-corrected chi connectivity index (χ4v) is 3.80. The summed E-state index contributed by atoms with van der Waals surface area (Å²) in [7, 11) is 0. The van der Waals surface area contributed by atoms with Gasteiger partial charge in [-0.3, -0.25) is 4.79 Å². The topological polar surface area (TPSA) is 41.6 Å². The van der Waals surface area contributed by atoms with Crippen LogP contribution in [0.15, 0.2) is 24.3 Å². The zero-order chi connectivity index (χ0) is 16.2. The van der Waals surface area contributed by atoms with Gasteiger partial charge in [0, 0.05) is 19.4 Å². The summed E-state index contributed by atoms with van der Waals surface area (Å²) >= 11 is 0. The maximum atomic E-state index is 12.9. The highest BCUT2D eigenvalue weighted by Gasteiger charge is 2.57. The van der Waals surface area contributed by atoms with Gasteiger partial charge in [0.15, 0.2) is 5.60 Å². The van der Waals surface area contributed by atoms with Crippen LogP contribution in [-0.2, 0) is 4.79 Å². The third kappa shape index (κ3) is 2.71. The van der Waals surface area contributed by atoms with E-state index in [1.807, 2.05) is 12.1 Å². The van der Waals surface area contributed by atoms with E-state index < -0.39 is 5.60 Å². The van der Waals surface area contributed by atoms with E-state index in [9.17, 15) is 4.79 Å². The second-order valence-corrected chi connectivity index (χ2v) is 8.27. The van der Waals surface area contributed by atoms with Crippen LogP contribution in [0.1, 0.15) is 56.4 Å². The van der Waals surface area contributed by atoms with Crippen molar-refractivity contribution in [2.24, 2.45) is 0 Å². The molecule has 5 rings (SSSR count). The van der Waals surface area contributed by atoms with Crippen molar-refractivity contribution < 1.29 is 9.53 Å². The van der Waals surface area contributed by atoms with Gasteiger partial charge in [-0.05, 0) is 62.7 Å². The molecule has 1 amide bonds. The summed E-state index contributed by atoms with van der Waals surface area (Å²) in [5.41, 5.74) is 0.723. The van der Waals surface area contributed by atoms with E-state index in [-0.39, 0.29) is 11.4 Å². The van der Waals surface area contributed by atoms with Crippen LogP contribution in [0.2, 0.25) is 0 Å². The van der Waals surface area contributed by atoms with Crippen molar-refractivity contribution in [2.75, 3.05) is 19.6 Å². The first-order valence-electron chi connectivity index (χ1n) is 9.51. The van der Waals surface area contributed by atoms with Crippen molar-refractivity contribution in [3.8, 4) is 5.75 Å². The lowest BCUT2D eigenvalue weighted by Crippen LogP contribution is -2.53. The molecule has 1 saturated heterocycles. The Morgan fingerprint density at radius 3 is 2.50 bits per heavy atom. The highest BCUT2D eigenvalue weighted by Crippen LogP contribution is 2.48. The Labute approximate surface area is 143 Å². The minimum Gasteiger partial charge on any atom is -0.477 e. The number of nitrogens with one attached hydrogen (secondary N) is 1. The van der Waals surface area contributed by atoms with Gasteiger partial charge in [-0.1, -0.05) is 18.2 Å². The summed E-state index contributed by atoms with van der Waals surface area (Å²) in [6.45, 7) is 3.40. The molecule has 1 N–H and O–H groups in total. The summed E-state index contributed by atoms with van der Waals surface area (Å²) in [6.07, 6.45) is 7.72. The maximum absolute atomic E-state index is 12.9. The smallest absolute Gasteiger partial charge is 0.264 e. The number of ether oxygens (including phenoxy) is 1. The fraction of sp³-hybridized carbons (Fsp3) is 0.650. The lowest BCUT2D eigenvalue weighted by molar-refractivity contribution is -0.131. The number of carbonyl (C=O) groups is 1. The Morgan fingerprint density at radius 2 is 1.92 bits per heavy atom. The van der Waals surface area contributed by atoms with Crippen molar-refractivity contribution in [1.82, 2.24) is 10.2 Å². The van der Waals surface area contributed by atoms with Crippen LogP contribution in [0.3, 0.4) is 0 Å². The van der Waals surface area contributed by atoms with Crippen LogP contribution in [0, 0.1) is 0 Å². The Hall–Kier alpha value is -1.55. The molecule has 128 valence electrons. The van der Waals surface area contributed by atoms with Crippen LogP contribution in [0.5, 0.6) is 5.75 Å². The molecular formula is C20H26N2O2. The summed E-state index contributed by atoms with van der Waals surface area (Å²) in [4.78, 5) is 15.4. The number of likely N-dealkylation sites (tertiary alicyclic amines) is 1. The van der Waals surface area contributed by atoms with Gasteiger partial charge in [0.2, 0.25) is 0 Å². The number of hydrogen-bond acceptors (Lipinski definition) is 3. The van der Waals surface area contributed by atoms with Crippen LogP contribution < -0.4 is 10.1 Å². The van der Waals surface area contributed by atoms with E-state index in [2.05, 4.69) is 22.3 Å². The highest BCUT2D eigenvalue weighted by atomic mass is 16.5. The number of para-hydroxylation sites is 1. The number of benzene rings is 1. The molecule has 3 aliphatic carbocycles. The average molecular weight is 326 g/mol. The van der Waals surface area contributed by atoms with E-state index in [0.29, 0.717) is 5.92 Å². The molecule has 1 aromatic carbocycles. The summed E-state index contributed by atoms with van der Waals surface area (Å²) in [5, 5.41) is 3.35. The molecule has 0 bridgehead atoms. The predicted molar refractivity (Wildman–Crippen MR) is 92.2 cm³/mol. The third-order valence-corrected chi connectivity index (χ3v) is 6.07. The normalized spacial score (nSPS) is 26.3. The molecule has 1 aliphatic heterocycles. The summed E-state index contributed by atoms with van der Waals surface area (Å²) in [5.74, 6) is 1.69. The number of amides is 1. The van der Waals surface area contributed by atoms with Crippen molar-refractivity contribution in [3.63, 3.8) is 0 Å². The average Bonchev–Trinajstić information content (AvgIpc) is 3.40. The Bertz CT molecular complexity index is 655. The summed E-state index contributed by atoms with van der Waals surface area (Å²) in [6, 6.07) is 8.29. The molecule has 0 aromatic heterocycles. The van der Waals surface area contributed by atoms with Crippen molar-refractivity contribution in [3.05, 3.63) is 29.8 Å². The van der Waals surface area contributed by atoms with Crippen LogP contribution in [0.4, 0.5) is 0 Å². The molecule has 4 heteroatoms. The first kappa shape index (κ1) is 14.8. The molecule has 4 aliphatic rings. The van der Waals surface area contributed by atoms with Crippen molar-refractivity contribution >= 4 is 5.91 Å². The molecule has 4 fully saturated rings. The molecule has 1 aromatic rings. The van der Waals surface area contributed by atoms with Crippen molar-refractivity contribution in [2.45, 2.75) is 62.0 Å². The second-order valence-electron chi connectivity index (χ2n) is 8.27.